The molecular weight excluding hydrogens is 1230 g/mol. The molecular formula is C69H88Cl3N13O7. The number of Topliss-reactive ketones (excluding diaryl/α,β-unsaturated/α-hetero) is 1. The molecule has 492 valence electrons. The number of rotatable bonds is 19. The van der Waals surface area contributed by atoms with Crippen LogP contribution in [0.4, 0.5) is 0 Å². The van der Waals surface area contributed by atoms with E-state index < -0.39 is 28.2 Å². The standard InChI is InChI=1S/C17H21ClN2O2.C16H21N3O.C13H17N3O.C11H10N2O.C9H15N3O.C3H4Cl2O/c1-12(8-16(21)13(2)18)17(22)15-9-19-20(11-15)10-14-6-4-3-5-7-14;1-12-8-17-13(2)16(20-12)15-9-18-19(11-15)10-14-6-4-3-5-7-14;1-10(14)13(17)12-7-15-16(9-12)8-11-5-3-2-4-6-11;14-9-11-6-12-13(8-11)7-10-4-2-1-3-5-10;1-6-3-10-7(2)9(13-6)8-4-11-12-5-8;1-2(4)3(5)6/h3-7,9,11-13,17,22H,8,10H2,1-2H3;3-7,9,11-13,16-17H,8,10H2,1-2H3;2-7,9-10,13,17H,8,14H2,1H3;1-6,8-9H,7H2;4-7,9-10H,3H2,1-2H3,(H,11,12);2H,1H3. The van der Waals surface area contributed by atoms with Crippen LogP contribution in [0.3, 0.4) is 0 Å². The summed E-state index contributed by atoms with van der Waals surface area (Å²) in [5.74, 6) is -0.243. The molecule has 2 saturated heterocycles. The highest BCUT2D eigenvalue weighted by Crippen LogP contribution is 2.28. The zero-order valence-corrected chi connectivity index (χ0v) is 55.7. The zero-order valence-electron chi connectivity index (χ0n) is 53.4. The summed E-state index contributed by atoms with van der Waals surface area (Å²) in [4.78, 5) is 31.9. The molecule has 2 aliphatic heterocycles. The lowest BCUT2D eigenvalue weighted by Crippen LogP contribution is -2.45. The lowest BCUT2D eigenvalue weighted by atomic mass is 9.94. The van der Waals surface area contributed by atoms with Crippen LogP contribution in [0.25, 0.3) is 0 Å². The van der Waals surface area contributed by atoms with Gasteiger partial charge in [0.2, 0.25) is 5.24 Å². The van der Waals surface area contributed by atoms with Gasteiger partial charge in [-0.15, -0.1) is 23.2 Å². The number of halogens is 3. The summed E-state index contributed by atoms with van der Waals surface area (Å²) in [5, 5.41) is 49.2. The normalized spacial score (nSPS) is 19.5. The van der Waals surface area contributed by atoms with Crippen LogP contribution in [-0.2, 0) is 45.2 Å². The van der Waals surface area contributed by atoms with Crippen LogP contribution >= 0.6 is 34.8 Å². The third kappa shape index (κ3) is 25.2. The van der Waals surface area contributed by atoms with E-state index in [4.69, 9.17) is 50.0 Å². The number of ether oxygens (including phenoxy) is 2. The van der Waals surface area contributed by atoms with Crippen molar-refractivity contribution in [3.8, 4) is 0 Å². The number of aliphatic hydroxyl groups is 2. The molecule has 11 rings (SSSR count). The minimum Gasteiger partial charge on any atom is -0.388 e. The van der Waals surface area contributed by atoms with Gasteiger partial charge in [0.1, 0.15) is 17.6 Å². The fourth-order valence-corrected chi connectivity index (χ4v) is 9.67. The number of aromatic nitrogens is 10. The van der Waals surface area contributed by atoms with Crippen molar-refractivity contribution in [2.45, 2.75) is 153 Å². The second-order valence-electron chi connectivity index (χ2n) is 23.0. The average Bonchev–Trinajstić information content (AvgIpc) is 2.30. The largest absolute Gasteiger partial charge is 0.388 e. The molecule has 4 aromatic carbocycles. The number of nitrogens with two attached hydrogens (primary N) is 1. The number of aromatic amines is 1. The van der Waals surface area contributed by atoms with Gasteiger partial charge < -0.3 is 36.1 Å². The van der Waals surface area contributed by atoms with E-state index in [-0.39, 0.29) is 48.6 Å². The number of aldehydes is 1. The summed E-state index contributed by atoms with van der Waals surface area (Å²) in [7, 11) is 0. The Morgan fingerprint density at radius 2 is 0.967 bits per heavy atom. The predicted molar refractivity (Wildman–Crippen MR) is 360 cm³/mol. The molecule has 23 heteroatoms. The topological polar surface area (TPSA) is 260 Å². The molecule has 7 N–H and O–H groups in total. The Morgan fingerprint density at radius 3 is 1.35 bits per heavy atom. The van der Waals surface area contributed by atoms with Crippen LogP contribution in [0.5, 0.6) is 0 Å². The molecule has 0 radical (unpaired) electrons. The minimum atomic E-state index is -0.719. The summed E-state index contributed by atoms with van der Waals surface area (Å²) in [6.45, 7) is 19.9. The number of nitrogens with zero attached hydrogens (tertiary/aromatic N) is 9. The van der Waals surface area contributed by atoms with Gasteiger partial charge in [-0.05, 0) is 88.2 Å². The van der Waals surface area contributed by atoms with Crippen LogP contribution < -0.4 is 16.4 Å². The molecule has 2 fully saturated rings. The Hall–Kier alpha value is -7.47. The first-order valence-corrected chi connectivity index (χ1v) is 32.0. The van der Waals surface area contributed by atoms with Crippen molar-refractivity contribution < 1.29 is 34.1 Å². The number of benzene rings is 4. The Morgan fingerprint density at radius 1 is 0.576 bits per heavy atom. The van der Waals surface area contributed by atoms with Gasteiger partial charge in [0, 0.05) is 90.9 Å². The summed E-state index contributed by atoms with van der Waals surface area (Å²) >= 11 is 15.7. The van der Waals surface area contributed by atoms with E-state index in [2.05, 4.69) is 99.4 Å². The number of ketones is 1. The fraction of sp³-hybridized carbons (Fsp3) is 0.391. The van der Waals surface area contributed by atoms with Gasteiger partial charge in [0.15, 0.2) is 12.1 Å². The Bertz CT molecular complexity index is 3500. The maximum absolute atomic E-state index is 11.7. The minimum absolute atomic E-state index is 0.0510. The van der Waals surface area contributed by atoms with Crippen LogP contribution in [0.15, 0.2) is 183 Å². The van der Waals surface area contributed by atoms with Crippen molar-refractivity contribution in [3.63, 3.8) is 0 Å². The third-order valence-electron chi connectivity index (χ3n) is 14.8. The zero-order chi connectivity index (χ0) is 66.5. The molecule has 9 aromatic rings. The number of morpholine rings is 2. The molecule has 12 unspecified atom stereocenters. The number of carbonyl (C=O) groups excluding carboxylic acids is 3. The molecule has 0 spiro atoms. The van der Waals surface area contributed by atoms with Gasteiger partial charge in [0.05, 0.1) is 92.5 Å². The molecule has 0 saturated carbocycles. The Labute approximate surface area is 554 Å². The average molecular weight is 1320 g/mol. The van der Waals surface area contributed by atoms with Crippen LogP contribution in [0, 0.1) is 5.92 Å². The lowest BCUT2D eigenvalue weighted by Gasteiger charge is -2.33. The highest BCUT2D eigenvalue weighted by atomic mass is 35.5. The summed E-state index contributed by atoms with van der Waals surface area (Å²) < 4.78 is 19.2. The third-order valence-corrected chi connectivity index (χ3v) is 15.7. The summed E-state index contributed by atoms with van der Waals surface area (Å²) in [5.41, 5.74) is 14.8. The van der Waals surface area contributed by atoms with Crippen molar-refractivity contribution >= 4 is 52.1 Å². The van der Waals surface area contributed by atoms with Gasteiger partial charge in [-0.25, -0.2) is 0 Å². The number of alkyl halides is 2. The van der Waals surface area contributed by atoms with Gasteiger partial charge in [-0.3, -0.25) is 38.2 Å². The molecule has 5 aromatic heterocycles. The van der Waals surface area contributed by atoms with E-state index in [0.29, 0.717) is 37.3 Å². The monoisotopic (exact) mass is 1320 g/mol. The van der Waals surface area contributed by atoms with E-state index >= 15 is 0 Å². The number of carbonyl (C=O) groups is 3. The van der Waals surface area contributed by atoms with Crippen molar-refractivity contribution in [2.75, 3.05) is 13.1 Å². The SMILES string of the molecule is CC(Cl)C(=O)CC(C)C(O)c1cnn(Cc2ccccc2)c1.CC(Cl)C(=O)Cl.CC(N)C(O)c1cnn(Cc2ccccc2)c1.CC1CNC(C)C(c2cn[nH]c2)O1.CC1CNC(C)C(c2cnn(Cc3ccccc3)c2)O1.O=Cc1cnn(Cc2ccccc2)c1. The first-order valence-electron chi connectivity index (χ1n) is 30.7. The molecule has 0 amide bonds. The van der Waals surface area contributed by atoms with E-state index in [0.717, 1.165) is 53.7 Å². The first-order chi connectivity index (χ1) is 44.1. The second kappa shape index (κ2) is 38.5. The quantitative estimate of drug-likeness (QED) is 0.0250. The van der Waals surface area contributed by atoms with Crippen LogP contribution in [-0.4, -0.2) is 131 Å². The Kier molecular flexibility index (Phi) is 30.8. The van der Waals surface area contributed by atoms with Crippen molar-refractivity contribution in [3.05, 3.63) is 233 Å². The summed E-state index contributed by atoms with van der Waals surface area (Å²) in [6.07, 6.45) is 18.4. The molecule has 12 atom stereocenters. The van der Waals surface area contributed by atoms with Crippen LogP contribution in [0.1, 0.15) is 141 Å². The van der Waals surface area contributed by atoms with Crippen molar-refractivity contribution in [2.24, 2.45) is 11.7 Å². The fourth-order valence-electron chi connectivity index (χ4n) is 9.58. The Balaban J connectivity index is 0.000000180. The van der Waals surface area contributed by atoms with Crippen LogP contribution in [0.2, 0.25) is 0 Å². The number of nitrogens with one attached hydrogen (secondary N) is 3. The molecule has 20 nitrogen and oxygen atoms in total. The molecule has 92 heavy (non-hydrogen) atoms. The van der Waals surface area contributed by atoms with E-state index in [9.17, 15) is 24.6 Å². The number of aliphatic hydroxyl groups excluding tert-OH is 2. The summed E-state index contributed by atoms with van der Waals surface area (Å²) in [6, 6.07) is 40.8. The van der Waals surface area contributed by atoms with Gasteiger partial charge in [-0.2, -0.15) is 25.5 Å². The predicted octanol–water partition coefficient (Wildman–Crippen LogP) is 10.8. The van der Waals surface area contributed by atoms with Gasteiger partial charge >= 0.3 is 0 Å². The second-order valence-corrected chi connectivity index (χ2v) is 24.7. The van der Waals surface area contributed by atoms with Gasteiger partial charge in [-0.1, -0.05) is 128 Å². The molecule has 0 aliphatic carbocycles. The highest BCUT2D eigenvalue weighted by molar-refractivity contribution is 6.69. The number of hydrogen-bond acceptors (Lipinski definition) is 15. The number of H-pyrrole nitrogens is 1. The van der Waals surface area contributed by atoms with E-state index in [1.165, 1.54) is 23.6 Å². The maximum atomic E-state index is 11.7. The molecule has 2 aliphatic rings. The van der Waals surface area contributed by atoms with E-state index in [1.807, 2.05) is 140 Å². The first kappa shape index (κ1) is 73.6. The molecule has 7 heterocycles. The highest BCUT2D eigenvalue weighted by Gasteiger charge is 2.29. The lowest BCUT2D eigenvalue weighted by molar-refractivity contribution is -0.120. The van der Waals surface area contributed by atoms with E-state index in [1.54, 1.807) is 52.7 Å². The number of hydrogen-bond donors (Lipinski definition) is 6. The van der Waals surface area contributed by atoms with Gasteiger partial charge in [0.25, 0.3) is 0 Å². The van der Waals surface area contributed by atoms with Crippen molar-refractivity contribution in [1.82, 2.24) is 60.0 Å². The maximum Gasteiger partial charge on any atom is 0.239 e. The molecule has 0 bridgehead atoms. The smallest absolute Gasteiger partial charge is 0.239 e. The van der Waals surface area contributed by atoms with Crippen molar-refractivity contribution in [1.29, 1.82) is 0 Å².